The maximum absolute atomic E-state index is 14.8. The summed E-state index contributed by atoms with van der Waals surface area (Å²) in [7, 11) is 0. The van der Waals surface area contributed by atoms with Gasteiger partial charge < -0.3 is 0 Å². The Morgan fingerprint density at radius 1 is 1.18 bits per heavy atom. The molecule has 0 fully saturated rings. The van der Waals surface area contributed by atoms with Gasteiger partial charge in [0.25, 0.3) is 11.5 Å². The van der Waals surface area contributed by atoms with Crippen LogP contribution in [0.2, 0.25) is 0 Å². The van der Waals surface area contributed by atoms with Gasteiger partial charge in [-0.15, -0.1) is 11.3 Å². The van der Waals surface area contributed by atoms with Crippen molar-refractivity contribution in [2.45, 2.75) is 6.04 Å². The molecular weight excluding hydrogens is 445 g/mol. The van der Waals surface area contributed by atoms with E-state index < -0.39 is 23.3 Å². The molecule has 0 radical (unpaired) electrons. The van der Waals surface area contributed by atoms with Crippen molar-refractivity contribution in [1.29, 1.82) is 0 Å². The number of anilines is 1. The molecule has 4 aromatic rings. The van der Waals surface area contributed by atoms with E-state index in [0.717, 1.165) is 10.8 Å². The van der Waals surface area contributed by atoms with Gasteiger partial charge in [-0.3, -0.25) is 19.5 Å². The maximum Gasteiger partial charge on any atom is 0.259 e. The SMILES string of the molecule is O=C(Nc1nccs1)C(c1ccccc1)n1cc(F)c2cc(Br)ccc2c1=O. The smallest absolute Gasteiger partial charge is 0.259 e. The van der Waals surface area contributed by atoms with Crippen LogP contribution in [0.15, 0.2) is 75.6 Å². The van der Waals surface area contributed by atoms with Gasteiger partial charge >= 0.3 is 0 Å². The molecule has 0 aliphatic carbocycles. The number of aromatic nitrogens is 2. The molecule has 2 heterocycles. The first-order chi connectivity index (χ1) is 13.5. The monoisotopic (exact) mass is 457 g/mol. The number of hydrogen-bond acceptors (Lipinski definition) is 4. The van der Waals surface area contributed by atoms with Gasteiger partial charge in [0.15, 0.2) is 5.13 Å². The van der Waals surface area contributed by atoms with E-state index in [2.05, 4.69) is 26.2 Å². The number of pyridine rings is 1. The molecule has 2 aromatic carbocycles. The van der Waals surface area contributed by atoms with Crippen LogP contribution in [-0.2, 0) is 4.79 Å². The van der Waals surface area contributed by atoms with Gasteiger partial charge in [-0.25, -0.2) is 9.37 Å². The summed E-state index contributed by atoms with van der Waals surface area (Å²) in [6.45, 7) is 0. The van der Waals surface area contributed by atoms with Crippen LogP contribution in [0, 0.1) is 5.82 Å². The van der Waals surface area contributed by atoms with E-state index in [4.69, 9.17) is 0 Å². The van der Waals surface area contributed by atoms with Crippen LogP contribution in [0.4, 0.5) is 9.52 Å². The number of amides is 1. The molecule has 28 heavy (non-hydrogen) atoms. The third-order valence-electron chi connectivity index (χ3n) is 4.26. The van der Waals surface area contributed by atoms with Gasteiger partial charge in [0.05, 0.1) is 5.39 Å². The Hall–Kier alpha value is -2.84. The number of hydrogen-bond donors (Lipinski definition) is 1. The molecule has 0 bridgehead atoms. The Kier molecular flexibility index (Phi) is 5.06. The molecule has 0 aliphatic heterocycles. The molecule has 1 atom stereocenters. The van der Waals surface area contributed by atoms with E-state index in [9.17, 15) is 14.0 Å². The largest absolute Gasteiger partial charge is 0.300 e. The Labute approximate surface area is 171 Å². The number of nitrogens with one attached hydrogen (secondary N) is 1. The fourth-order valence-electron chi connectivity index (χ4n) is 3.01. The van der Waals surface area contributed by atoms with Crippen LogP contribution in [-0.4, -0.2) is 15.5 Å². The highest BCUT2D eigenvalue weighted by atomic mass is 79.9. The Morgan fingerprint density at radius 3 is 2.68 bits per heavy atom. The molecule has 1 unspecified atom stereocenters. The highest BCUT2D eigenvalue weighted by molar-refractivity contribution is 9.10. The molecule has 0 aliphatic rings. The Morgan fingerprint density at radius 2 is 1.96 bits per heavy atom. The van der Waals surface area contributed by atoms with E-state index in [1.165, 1.54) is 11.3 Å². The average molecular weight is 458 g/mol. The second-order valence-electron chi connectivity index (χ2n) is 6.02. The predicted octanol–water partition coefficient (Wildman–Crippen LogP) is 4.59. The minimum Gasteiger partial charge on any atom is -0.300 e. The van der Waals surface area contributed by atoms with E-state index in [0.29, 0.717) is 15.2 Å². The van der Waals surface area contributed by atoms with E-state index in [1.807, 2.05) is 0 Å². The third-order valence-corrected chi connectivity index (χ3v) is 5.44. The van der Waals surface area contributed by atoms with Crippen LogP contribution in [0.5, 0.6) is 0 Å². The minimum atomic E-state index is -1.04. The van der Waals surface area contributed by atoms with Crippen molar-refractivity contribution < 1.29 is 9.18 Å². The molecule has 4 rings (SSSR count). The van der Waals surface area contributed by atoms with Crippen LogP contribution in [0.1, 0.15) is 11.6 Å². The molecule has 2 aromatic heterocycles. The Bertz CT molecular complexity index is 1210. The number of rotatable bonds is 4. The number of fused-ring (bicyclic) bond motifs is 1. The Balaban J connectivity index is 1.89. The van der Waals surface area contributed by atoms with Gasteiger partial charge in [0.2, 0.25) is 0 Å². The summed E-state index contributed by atoms with van der Waals surface area (Å²) in [5, 5.41) is 5.23. The van der Waals surface area contributed by atoms with E-state index in [1.54, 1.807) is 60.1 Å². The molecule has 5 nitrogen and oxygen atoms in total. The molecule has 8 heteroatoms. The van der Waals surface area contributed by atoms with Crippen LogP contribution >= 0.6 is 27.3 Å². The van der Waals surface area contributed by atoms with Crippen molar-refractivity contribution >= 4 is 49.1 Å². The fraction of sp³-hybridized carbons (Fsp3) is 0.0500. The lowest BCUT2D eigenvalue weighted by Gasteiger charge is -2.20. The summed E-state index contributed by atoms with van der Waals surface area (Å²) in [6, 6.07) is 12.5. The molecular formula is C20H13BrFN3O2S. The summed E-state index contributed by atoms with van der Waals surface area (Å²) in [6.07, 6.45) is 2.65. The molecule has 1 amide bonds. The van der Waals surface area contributed by atoms with Crippen LogP contribution in [0.25, 0.3) is 10.8 Å². The number of thiazole rings is 1. The fourth-order valence-corrected chi connectivity index (χ4v) is 3.91. The van der Waals surface area contributed by atoms with Gasteiger partial charge in [-0.1, -0.05) is 46.3 Å². The zero-order chi connectivity index (χ0) is 19.7. The number of carbonyl (C=O) groups is 1. The first-order valence-electron chi connectivity index (χ1n) is 8.30. The van der Waals surface area contributed by atoms with Gasteiger partial charge in [-0.05, 0) is 23.8 Å². The van der Waals surface area contributed by atoms with Crippen molar-refractivity contribution in [2.75, 3.05) is 5.32 Å². The minimum absolute atomic E-state index is 0.197. The first-order valence-corrected chi connectivity index (χ1v) is 9.97. The molecule has 1 N–H and O–H groups in total. The second kappa shape index (κ2) is 7.65. The highest BCUT2D eigenvalue weighted by Crippen LogP contribution is 2.24. The van der Waals surface area contributed by atoms with Gasteiger partial charge in [0, 0.05) is 27.6 Å². The summed E-state index contributed by atoms with van der Waals surface area (Å²) < 4.78 is 16.6. The van der Waals surface area contributed by atoms with Crippen molar-refractivity contribution in [1.82, 2.24) is 9.55 Å². The predicted molar refractivity (Wildman–Crippen MR) is 111 cm³/mol. The zero-order valence-electron chi connectivity index (χ0n) is 14.3. The lowest BCUT2D eigenvalue weighted by molar-refractivity contribution is -0.118. The molecule has 0 spiro atoms. The van der Waals surface area contributed by atoms with Crippen molar-refractivity contribution in [3.63, 3.8) is 0 Å². The zero-order valence-corrected chi connectivity index (χ0v) is 16.7. The standard InChI is InChI=1S/C20H13BrFN3O2S/c21-13-6-7-14-15(10-13)16(22)11-25(19(14)27)17(12-4-2-1-3-5-12)18(26)24-20-23-8-9-28-20/h1-11,17H,(H,23,24,26). The highest BCUT2D eigenvalue weighted by Gasteiger charge is 2.26. The number of carbonyl (C=O) groups excluding carboxylic acids is 1. The maximum atomic E-state index is 14.8. The van der Waals surface area contributed by atoms with Crippen LogP contribution in [0.3, 0.4) is 0 Å². The summed E-state index contributed by atoms with van der Waals surface area (Å²) >= 11 is 4.55. The van der Waals surface area contributed by atoms with Crippen molar-refractivity contribution in [3.8, 4) is 0 Å². The number of benzene rings is 2. The quantitative estimate of drug-likeness (QED) is 0.487. The molecule has 0 saturated carbocycles. The van der Waals surface area contributed by atoms with Gasteiger partial charge in [-0.2, -0.15) is 0 Å². The summed E-state index contributed by atoms with van der Waals surface area (Å²) in [5.41, 5.74) is 0.113. The lowest BCUT2D eigenvalue weighted by Crippen LogP contribution is -2.34. The third kappa shape index (κ3) is 3.48. The van der Waals surface area contributed by atoms with Crippen molar-refractivity contribution in [2.24, 2.45) is 0 Å². The lowest BCUT2D eigenvalue weighted by atomic mass is 10.0. The normalized spacial score (nSPS) is 12.1. The molecule has 140 valence electrons. The van der Waals surface area contributed by atoms with Crippen molar-refractivity contribution in [3.05, 3.63) is 92.5 Å². The average Bonchev–Trinajstić information content (AvgIpc) is 3.19. The second-order valence-corrected chi connectivity index (χ2v) is 7.83. The van der Waals surface area contributed by atoms with E-state index >= 15 is 0 Å². The topological polar surface area (TPSA) is 64.0 Å². The molecule has 0 saturated heterocycles. The first kappa shape index (κ1) is 18.5. The summed E-state index contributed by atoms with van der Waals surface area (Å²) in [4.78, 5) is 30.2. The van der Waals surface area contributed by atoms with E-state index in [-0.39, 0.29) is 10.8 Å². The number of nitrogens with zero attached hydrogens (tertiary/aromatic N) is 2. The summed E-state index contributed by atoms with van der Waals surface area (Å²) in [5.74, 6) is -1.06. The number of halogens is 2. The van der Waals surface area contributed by atoms with Gasteiger partial charge in [0.1, 0.15) is 11.9 Å². The van der Waals surface area contributed by atoms with Crippen LogP contribution < -0.4 is 10.9 Å².